The summed E-state index contributed by atoms with van der Waals surface area (Å²) in [5.41, 5.74) is 0. The maximum absolute atomic E-state index is 10.2. The Bertz CT molecular complexity index is 116. The Labute approximate surface area is 64.7 Å². The van der Waals surface area contributed by atoms with Crippen molar-refractivity contribution in [1.82, 2.24) is 5.32 Å². The number of unbranched alkanes of at least 4 members (excludes halogenated alkanes) is 1. The first-order valence-corrected chi connectivity index (χ1v) is 3.50. The molecule has 0 spiro atoms. The van der Waals surface area contributed by atoms with Crippen molar-refractivity contribution in [2.24, 2.45) is 0 Å². The number of carbonyl (C=O) groups excluding carboxylic acids is 2. The van der Waals surface area contributed by atoms with E-state index in [4.69, 9.17) is 11.6 Å². The van der Waals surface area contributed by atoms with Gasteiger partial charge in [-0.1, -0.05) is 0 Å². The molecular formula is C6H10ClNO2. The quantitative estimate of drug-likeness (QED) is 0.355. The van der Waals surface area contributed by atoms with Crippen LogP contribution in [0, 0.1) is 0 Å². The molecule has 0 atom stereocenters. The molecule has 0 aliphatic heterocycles. The van der Waals surface area contributed by atoms with Gasteiger partial charge in [0.1, 0.15) is 0 Å². The van der Waals surface area contributed by atoms with E-state index in [0.717, 1.165) is 12.8 Å². The molecule has 0 saturated heterocycles. The zero-order valence-corrected chi connectivity index (χ0v) is 6.36. The van der Waals surface area contributed by atoms with Gasteiger partial charge in [-0.3, -0.25) is 9.59 Å². The van der Waals surface area contributed by atoms with Crippen LogP contribution < -0.4 is 5.32 Å². The number of hydrogen-bond donors (Lipinski definition) is 1. The minimum absolute atomic E-state index is 0.314. The fourth-order valence-electron chi connectivity index (χ4n) is 0.550. The van der Waals surface area contributed by atoms with Crippen molar-refractivity contribution in [2.75, 3.05) is 6.54 Å². The third-order valence-electron chi connectivity index (χ3n) is 1.03. The minimum Gasteiger partial charge on any atom is -0.359 e. The van der Waals surface area contributed by atoms with Crippen LogP contribution in [0.5, 0.6) is 0 Å². The monoisotopic (exact) mass is 163 g/mol. The van der Waals surface area contributed by atoms with Gasteiger partial charge in [-0.2, -0.15) is 0 Å². The van der Waals surface area contributed by atoms with Crippen LogP contribution in [-0.4, -0.2) is 18.2 Å². The predicted molar refractivity (Wildman–Crippen MR) is 38.8 cm³/mol. The number of carbonyl (C=O) groups is 2. The standard InChI is InChI=1S/C6H10ClNO2/c7-6(10)3-1-2-4-8-5-9/h5H,1-4H2,(H,8,9). The second kappa shape index (κ2) is 6.55. The van der Waals surface area contributed by atoms with Crippen LogP contribution in [0.15, 0.2) is 0 Å². The highest BCUT2D eigenvalue weighted by Gasteiger charge is 1.93. The van der Waals surface area contributed by atoms with E-state index in [1.54, 1.807) is 0 Å². The normalized spacial score (nSPS) is 8.90. The predicted octanol–water partition coefficient (Wildman–Crippen LogP) is 0.668. The summed E-state index contributed by atoms with van der Waals surface area (Å²) in [5.74, 6) is 0. The molecule has 10 heavy (non-hydrogen) atoms. The maximum atomic E-state index is 10.2. The molecule has 1 N–H and O–H groups in total. The molecule has 0 saturated carbocycles. The average Bonchev–Trinajstić information content (AvgIpc) is 1.87. The Kier molecular flexibility index (Phi) is 6.18. The van der Waals surface area contributed by atoms with E-state index in [2.05, 4.69) is 5.32 Å². The van der Waals surface area contributed by atoms with Crippen LogP contribution in [-0.2, 0) is 9.59 Å². The molecule has 1 amide bonds. The molecule has 0 aromatic carbocycles. The lowest BCUT2D eigenvalue weighted by molar-refractivity contribution is -0.111. The Balaban J connectivity index is 2.90. The van der Waals surface area contributed by atoms with Crippen molar-refractivity contribution in [1.29, 1.82) is 0 Å². The van der Waals surface area contributed by atoms with E-state index in [-0.39, 0.29) is 5.24 Å². The smallest absolute Gasteiger partial charge is 0.221 e. The van der Waals surface area contributed by atoms with Crippen molar-refractivity contribution in [3.63, 3.8) is 0 Å². The van der Waals surface area contributed by atoms with Crippen LogP contribution >= 0.6 is 11.6 Å². The van der Waals surface area contributed by atoms with Gasteiger partial charge in [0.05, 0.1) is 0 Å². The Hall–Kier alpha value is -0.570. The fourth-order valence-corrected chi connectivity index (χ4v) is 0.684. The summed E-state index contributed by atoms with van der Waals surface area (Å²) in [5, 5.41) is 2.17. The lowest BCUT2D eigenvalue weighted by Crippen LogP contribution is -2.11. The van der Waals surface area contributed by atoms with Crippen LogP contribution in [0.1, 0.15) is 19.3 Å². The highest BCUT2D eigenvalue weighted by molar-refractivity contribution is 6.63. The third-order valence-corrected chi connectivity index (χ3v) is 1.22. The number of nitrogens with one attached hydrogen (secondary N) is 1. The maximum Gasteiger partial charge on any atom is 0.221 e. The number of halogens is 1. The molecule has 58 valence electrons. The lowest BCUT2D eigenvalue weighted by atomic mass is 10.2. The van der Waals surface area contributed by atoms with Crippen molar-refractivity contribution in [2.45, 2.75) is 19.3 Å². The van der Waals surface area contributed by atoms with Crippen LogP contribution in [0.25, 0.3) is 0 Å². The molecule has 0 aliphatic carbocycles. The first kappa shape index (κ1) is 9.43. The van der Waals surface area contributed by atoms with E-state index >= 15 is 0 Å². The topological polar surface area (TPSA) is 46.2 Å². The lowest BCUT2D eigenvalue weighted by Gasteiger charge is -1.95. The van der Waals surface area contributed by atoms with Crippen LogP contribution in [0.4, 0.5) is 0 Å². The number of hydrogen-bond acceptors (Lipinski definition) is 2. The SMILES string of the molecule is O=CNCCCCC(=O)Cl. The van der Waals surface area contributed by atoms with Crippen molar-refractivity contribution < 1.29 is 9.59 Å². The van der Waals surface area contributed by atoms with Gasteiger partial charge in [-0.05, 0) is 24.4 Å². The van der Waals surface area contributed by atoms with E-state index < -0.39 is 0 Å². The summed E-state index contributed by atoms with van der Waals surface area (Å²) in [4.78, 5) is 19.8. The number of amides is 1. The molecule has 0 bridgehead atoms. The second-order valence-corrected chi connectivity index (χ2v) is 2.31. The largest absolute Gasteiger partial charge is 0.359 e. The van der Waals surface area contributed by atoms with Gasteiger partial charge in [-0.25, -0.2) is 0 Å². The Morgan fingerprint density at radius 3 is 2.70 bits per heavy atom. The molecule has 3 nitrogen and oxygen atoms in total. The zero-order chi connectivity index (χ0) is 7.82. The van der Waals surface area contributed by atoms with Gasteiger partial charge in [0.2, 0.25) is 11.7 Å². The summed E-state index contributed by atoms with van der Waals surface area (Å²) < 4.78 is 0. The number of rotatable bonds is 6. The fraction of sp³-hybridized carbons (Fsp3) is 0.667. The van der Waals surface area contributed by atoms with Crippen molar-refractivity contribution >= 4 is 23.3 Å². The summed E-state index contributed by atoms with van der Waals surface area (Å²) in [7, 11) is 0. The van der Waals surface area contributed by atoms with Gasteiger partial charge in [0.25, 0.3) is 0 Å². The average molecular weight is 164 g/mol. The first-order chi connectivity index (χ1) is 4.77. The second-order valence-electron chi connectivity index (χ2n) is 1.88. The van der Waals surface area contributed by atoms with Gasteiger partial charge >= 0.3 is 0 Å². The van der Waals surface area contributed by atoms with E-state index in [1.807, 2.05) is 0 Å². The molecule has 0 unspecified atom stereocenters. The Morgan fingerprint density at radius 1 is 1.50 bits per heavy atom. The minimum atomic E-state index is -0.314. The Morgan fingerprint density at radius 2 is 2.20 bits per heavy atom. The highest BCUT2D eigenvalue weighted by Crippen LogP contribution is 1.97. The van der Waals surface area contributed by atoms with Gasteiger partial charge in [0, 0.05) is 13.0 Å². The molecule has 0 aliphatic rings. The molecule has 0 aromatic heterocycles. The molecule has 0 radical (unpaired) electrons. The highest BCUT2D eigenvalue weighted by atomic mass is 35.5. The zero-order valence-electron chi connectivity index (χ0n) is 5.60. The van der Waals surface area contributed by atoms with Crippen molar-refractivity contribution in [3.8, 4) is 0 Å². The van der Waals surface area contributed by atoms with Gasteiger partial charge in [-0.15, -0.1) is 0 Å². The summed E-state index contributed by atoms with van der Waals surface area (Å²) in [6.45, 7) is 0.619. The molecule has 4 heteroatoms. The summed E-state index contributed by atoms with van der Waals surface area (Å²) >= 11 is 5.06. The third kappa shape index (κ3) is 7.43. The molecule has 0 fully saturated rings. The van der Waals surface area contributed by atoms with Crippen molar-refractivity contribution in [3.05, 3.63) is 0 Å². The summed E-state index contributed by atoms with van der Waals surface area (Å²) in [6, 6.07) is 0. The first-order valence-electron chi connectivity index (χ1n) is 3.12. The molecule has 0 heterocycles. The van der Waals surface area contributed by atoms with Gasteiger partial charge < -0.3 is 5.32 Å². The molecular weight excluding hydrogens is 154 g/mol. The van der Waals surface area contributed by atoms with E-state index in [1.165, 1.54) is 0 Å². The van der Waals surface area contributed by atoms with Gasteiger partial charge in [0.15, 0.2) is 0 Å². The van der Waals surface area contributed by atoms with E-state index in [9.17, 15) is 9.59 Å². The molecule has 0 aromatic rings. The van der Waals surface area contributed by atoms with Crippen LogP contribution in [0.2, 0.25) is 0 Å². The van der Waals surface area contributed by atoms with E-state index in [0.29, 0.717) is 19.4 Å². The summed E-state index contributed by atoms with van der Waals surface area (Å²) in [6.07, 6.45) is 2.57. The molecule has 0 rings (SSSR count). The van der Waals surface area contributed by atoms with Crippen LogP contribution in [0.3, 0.4) is 0 Å².